The maximum atomic E-state index is 12.1. The molecule has 0 bridgehead atoms. The van der Waals surface area contributed by atoms with Crippen LogP contribution in [0.2, 0.25) is 5.02 Å². The Labute approximate surface area is 141 Å². The molecule has 128 valence electrons. The number of benzene rings is 1. The first-order valence-electron chi connectivity index (χ1n) is 6.31. The average molecular weight is 374 g/mol. The molecular weight excluding hydrogens is 362 g/mol. The fraction of sp³-hybridized carbons (Fsp3) is 0.167. The van der Waals surface area contributed by atoms with E-state index in [4.69, 9.17) is 16.3 Å². The van der Waals surface area contributed by atoms with Gasteiger partial charge in [0.05, 0.1) is 12.1 Å². The van der Waals surface area contributed by atoms with Gasteiger partial charge in [0.2, 0.25) is 0 Å². The van der Waals surface area contributed by atoms with E-state index in [2.05, 4.69) is 15.0 Å². The Morgan fingerprint density at radius 3 is 2.67 bits per heavy atom. The SMILES string of the molecule is COc1nc(C)n(O)c(=NC(=O)NS(=O)(=O)c2ccccc2Cl)n1. The summed E-state index contributed by atoms with van der Waals surface area (Å²) in [7, 11) is -2.96. The van der Waals surface area contributed by atoms with E-state index in [0.717, 1.165) is 0 Å². The van der Waals surface area contributed by atoms with Crippen LogP contribution in [0.1, 0.15) is 5.82 Å². The van der Waals surface area contributed by atoms with E-state index in [1.807, 2.05) is 0 Å². The summed E-state index contributed by atoms with van der Waals surface area (Å²) in [5.41, 5.74) is -0.508. The Hall–Kier alpha value is -2.66. The molecule has 2 amide bonds. The fourth-order valence-corrected chi connectivity index (χ4v) is 3.01. The van der Waals surface area contributed by atoms with Gasteiger partial charge in [-0.3, -0.25) is 0 Å². The third-order valence-electron chi connectivity index (χ3n) is 2.68. The first-order valence-corrected chi connectivity index (χ1v) is 8.17. The highest BCUT2D eigenvalue weighted by Crippen LogP contribution is 2.19. The van der Waals surface area contributed by atoms with Gasteiger partial charge in [-0.05, 0) is 19.1 Å². The molecular formula is C12H12ClN5O5S. The summed E-state index contributed by atoms with van der Waals surface area (Å²) in [5, 5.41) is 9.66. The third-order valence-corrected chi connectivity index (χ3v) is 4.50. The molecule has 2 N–H and O–H groups in total. The second-order valence-electron chi connectivity index (χ2n) is 4.32. The van der Waals surface area contributed by atoms with Crippen molar-refractivity contribution in [3.8, 4) is 6.01 Å². The number of sulfonamides is 1. The summed E-state index contributed by atoms with van der Waals surface area (Å²) in [4.78, 5) is 22.3. The Balaban J connectivity index is 2.38. The summed E-state index contributed by atoms with van der Waals surface area (Å²) in [6.45, 7) is 1.40. The molecule has 0 radical (unpaired) electrons. The number of carbonyl (C=O) groups excluding carboxylic acids is 1. The van der Waals surface area contributed by atoms with Gasteiger partial charge in [-0.15, -0.1) is 4.73 Å². The zero-order valence-corrected chi connectivity index (χ0v) is 14.0. The molecule has 10 nitrogen and oxygen atoms in total. The lowest BCUT2D eigenvalue weighted by molar-refractivity contribution is 0.151. The van der Waals surface area contributed by atoms with E-state index >= 15 is 0 Å². The number of urea groups is 1. The van der Waals surface area contributed by atoms with Crippen LogP contribution in [0.3, 0.4) is 0 Å². The van der Waals surface area contributed by atoms with Crippen LogP contribution in [0.4, 0.5) is 4.79 Å². The molecule has 0 saturated carbocycles. The smallest absolute Gasteiger partial charge is 0.358 e. The Bertz CT molecular complexity index is 957. The van der Waals surface area contributed by atoms with Crippen molar-refractivity contribution in [1.29, 1.82) is 0 Å². The van der Waals surface area contributed by atoms with E-state index in [9.17, 15) is 18.4 Å². The van der Waals surface area contributed by atoms with Gasteiger partial charge in [-0.2, -0.15) is 15.0 Å². The van der Waals surface area contributed by atoms with Gasteiger partial charge in [-0.25, -0.2) is 17.9 Å². The molecule has 0 aliphatic carbocycles. The molecule has 1 aromatic carbocycles. The molecule has 0 atom stereocenters. The van der Waals surface area contributed by atoms with Gasteiger partial charge in [0, 0.05) is 0 Å². The number of amides is 2. The van der Waals surface area contributed by atoms with E-state index in [0.29, 0.717) is 4.73 Å². The Kier molecular flexibility index (Phi) is 5.04. The van der Waals surface area contributed by atoms with Gasteiger partial charge >= 0.3 is 12.0 Å². The van der Waals surface area contributed by atoms with Crippen molar-refractivity contribution in [2.75, 3.05) is 7.11 Å². The van der Waals surface area contributed by atoms with Crippen LogP contribution in [0.15, 0.2) is 34.2 Å². The molecule has 0 saturated heterocycles. The highest BCUT2D eigenvalue weighted by atomic mass is 35.5. The second-order valence-corrected chi connectivity index (χ2v) is 6.38. The summed E-state index contributed by atoms with van der Waals surface area (Å²) < 4.78 is 31.1. The molecule has 0 unspecified atom stereocenters. The number of halogens is 1. The van der Waals surface area contributed by atoms with Crippen LogP contribution < -0.4 is 15.1 Å². The standard InChI is InChI=1S/C12H12ClN5O5S/c1-7-14-12(23-2)16-10(18(7)20)15-11(19)17-24(21,22)9-6-4-3-5-8(9)13/h3-6,20H,1-2H3,(H,17,19). The lowest BCUT2D eigenvalue weighted by atomic mass is 10.4. The van der Waals surface area contributed by atoms with Gasteiger partial charge in [-0.1, -0.05) is 23.7 Å². The summed E-state index contributed by atoms with van der Waals surface area (Å²) in [6, 6.07) is 4.14. The summed E-state index contributed by atoms with van der Waals surface area (Å²) in [6.07, 6.45) is 0. The average Bonchev–Trinajstić information content (AvgIpc) is 2.51. The first-order chi connectivity index (χ1) is 11.2. The van der Waals surface area contributed by atoms with Crippen molar-refractivity contribution in [3.05, 3.63) is 40.7 Å². The van der Waals surface area contributed by atoms with Crippen LogP contribution in [0.25, 0.3) is 0 Å². The maximum Gasteiger partial charge on any atom is 0.358 e. The lowest BCUT2D eigenvalue weighted by Crippen LogP contribution is -2.33. The fourth-order valence-electron chi connectivity index (χ4n) is 1.60. The van der Waals surface area contributed by atoms with Crippen LogP contribution in [0, 0.1) is 6.92 Å². The van der Waals surface area contributed by atoms with E-state index in [-0.39, 0.29) is 21.8 Å². The molecule has 1 aromatic heterocycles. The first kappa shape index (κ1) is 17.7. The van der Waals surface area contributed by atoms with Crippen molar-refractivity contribution in [2.24, 2.45) is 4.99 Å². The zero-order valence-electron chi connectivity index (χ0n) is 12.5. The largest absolute Gasteiger partial charge is 0.467 e. The van der Waals surface area contributed by atoms with Crippen molar-refractivity contribution >= 4 is 27.7 Å². The predicted octanol–water partition coefficient (Wildman–Crippen LogP) is 0.485. The maximum absolute atomic E-state index is 12.1. The quantitative estimate of drug-likeness (QED) is 0.747. The third kappa shape index (κ3) is 3.81. The molecule has 0 aliphatic rings. The normalized spacial score (nSPS) is 12.0. The van der Waals surface area contributed by atoms with Gasteiger partial charge in [0.1, 0.15) is 4.90 Å². The number of nitrogens with zero attached hydrogens (tertiary/aromatic N) is 4. The minimum atomic E-state index is -4.24. The molecule has 0 fully saturated rings. The summed E-state index contributed by atoms with van der Waals surface area (Å²) in [5.74, 6) is 0.0300. The van der Waals surface area contributed by atoms with Crippen LogP contribution >= 0.6 is 11.6 Å². The highest BCUT2D eigenvalue weighted by molar-refractivity contribution is 7.90. The van der Waals surface area contributed by atoms with Crippen molar-refractivity contribution in [3.63, 3.8) is 0 Å². The molecule has 1 heterocycles. The van der Waals surface area contributed by atoms with Gasteiger partial charge in [0.15, 0.2) is 5.82 Å². The number of aryl methyl sites for hydroxylation is 1. The number of rotatable bonds is 3. The van der Waals surface area contributed by atoms with E-state index in [1.54, 1.807) is 4.72 Å². The van der Waals surface area contributed by atoms with Crippen molar-refractivity contribution in [1.82, 2.24) is 19.4 Å². The lowest BCUT2D eigenvalue weighted by Gasteiger charge is -2.06. The number of methoxy groups -OCH3 is 1. The molecule has 0 spiro atoms. The molecule has 2 rings (SSSR count). The zero-order chi connectivity index (χ0) is 17.9. The van der Waals surface area contributed by atoms with Crippen molar-refractivity contribution < 1.29 is 23.2 Å². The monoisotopic (exact) mass is 373 g/mol. The van der Waals surface area contributed by atoms with Crippen LogP contribution in [-0.2, 0) is 10.0 Å². The molecule has 24 heavy (non-hydrogen) atoms. The van der Waals surface area contributed by atoms with Crippen LogP contribution in [-0.4, -0.2) is 41.5 Å². The van der Waals surface area contributed by atoms with E-state index in [1.165, 1.54) is 38.3 Å². The van der Waals surface area contributed by atoms with E-state index < -0.39 is 21.7 Å². The number of aromatic nitrogens is 3. The molecule has 2 aromatic rings. The van der Waals surface area contributed by atoms with Gasteiger partial charge in [0.25, 0.3) is 15.6 Å². The second kappa shape index (κ2) is 6.84. The summed E-state index contributed by atoms with van der Waals surface area (Å²) >= 11 is 5.80. The number of carbonyl (C=O) groups is 1. The minimum absolute atomic E-state index is 0.0300. The predicted molar refractivity (Wildman–Crippen MR) is 81.2 cm³/mol. The van der Waals surface area contributed by atoms with Crippen LogP contribution in [0.5, 0.6) is 6.01 Å². The number of hydrogen-bond acceptors (Lipinski definition) is 7. The topological polar surface area (TPSA) is 136 Å². The molecule has 0 aliphatic heterocycles. The van der Waals surface area contributed by atoms with Gasteiger partial charge < -0.3 is 9.94 Å². The molecule has 12 heteroatoms. The Morgan fingerprint density at radius 2 is 2.04 bits per heavy atom. The number of hydrogen-bond donors (Lipinski definition) is 2. The number of ether oxygens (including phenoxy) is 1. The minimum Gasteiger partial charge on any atom is -0.467 e. The highest BCUT2D eigenvalue weighted by Gasteiger charge is 2.20. The number of nitrogens with one attached hydrogen (secondary N) is 1. The Morgan fingerprint density at radius 1 is 1.38 bits per heavy atom. The van der Waals surface area contributed by atoms with Crippen molar-refractivity contribution in [2.45, 2.75) is 11.8 Å².